The smallest absolute Gasteiger partial charge is 0.380 e. The minimum atomic E-state index is -0.850. The van der Waals surface area contributed by atoms with E-state index in [4.69, 9.17) is 9.47 Å². The monoisotopic (exact) mass is 306 g/mol. The molecule has 113 valence electrons. The Labute approximate surface area is 132 Å². The van der Waals surface area contributed by atoms with Crippen LogP contribution in [0.4, 0.5) is 5.69 Å². The lowest BCUT2D eigenvalue weighted by Gasteiger charge is -2.14. The third kappa shape index (κ3) is 2.36. The lowest BCUT2D eigenvalue weighted by atomic mass is 9.93. The molecule has 1 radical (unpaired) electrons. The first-order chi connectivity index (χ1) is 11.2. The van der Waals surface area contributed by atoms with Crippen LogP contribution in [0.15, 0.2) is 60.5 Å². The van der Waals surface area contributed by atoms with Gasteiger partial charge in [-0.15, -0.1) is 0 Å². The molecular formula is C18H12NO4. The summed E-state index contributed by atoms with van der Waals surface area (Å²) in [6.07, 6.45) is 1.25. The van der Waals surface area contributed by atoms with E-state index in [1.54, 1.807) is 18.2 Å². The minimum Gasteiger partial charge on any atom is -0.489 e. The molecule has 4 rings (SSSR count). The quantitative estimate of drug-likeness (QED) is 0.645. The number of carbonyl (C=O) groups is 2. The van der Waals surface area contributed by atoms with E-state index in [1.165, 1.54) is 6.26 Å². The molecule has 23 heavy (non-hydrogen) atoms. The number of hydrogen-bond acceptors (Lipinski definition) is 4. The van der Waals surface area contributed by atoms with Crippen LogP contribution in [-0.2, 0) is 20.9 Å². The van der Waals surface area contributed by atoms with E-state index < -0.39 is 17.7 Å². The Morgan fingerprint density at radius 3 is 2.74 bits per heavy atom. The van der Waals surface area contributed by atoms with E-state index in [9.17, 15) is 9.59 Å². The van der Waals surface area contributed by atoms with E-state index in [0.717, 1.165) is 5.56 Å². The number of cyclic esters (lactones) is 1. The second kappa shape index (κ2) is 5.28. The van der Waals surface area contributed by atoms with Crippen molar-refractivity contribution < 1.29 is 19.1 Å². The van der Waals surface area contributed by atoms with Crippen molar-refractivity contribution in [2.45, 2.75) is 12.5 Å². The summed E-state index contributed by atoms with van der Waals surface area (Å²) < 4.78 is 10.5. The Bertz CT molecular complexity index is 826. The van der Waals surface area contributed by atoms with Gasteiger partial charge in [0, 0.05) is 0 Å². The van der Waals surface area contributed by atoms with E-state index in [0.29, 0.717) is 29.3 Å². The zero-order chi connectivity index (χ0) is 15.8. The molecule has 0 spiro atoms. The van der Waals surface area contributed by atoms with Crippen LogP contribution in [0, 0.1) is 0 Å². The lowest BCUT2D eigenvalue weighted by Crippen LogP contribution is -2.27. The summed E-state index contributed by atoms with van der Waals surface area (Å²) in [6.45, 7) is 0.431. The normalized spacial score (nSPS) is 18.4. The summed E-state index contributed by atoms with van der Waals surface area (Å²) in [6, 6.07) is 15.1. The zero-order valence-corrected chi connectivity index (χ0v) is 12.1. The van der Waals surface area contributed by atoms with Crippen molar-refractivity contribution in [3.63, 3.8) is 0 Å². The Hall–Kier alpha value is -3.08. The predicted octanol–water partition coefficient (Wildman–Crippen LogP) is 2.57. The van der Waals surface area contributed by atoms with Crippen LogP contribution >= 0.6 is 0 Å². The van der Waals surface area contributed by atoms with Gasteiger partial charge in [-0.3, -0.25) is 4.79 Å². The summed E-state index contributed by atoms with van der Waals surface area (Å²) >= 11 is 0. The molecular weight excluding hydrogens is 294 g/mol. The van der Waals surface area contributed by atoms with Crippen molar-refractivity contribution in [2.75, 3.05) is 0 Å². The molecule has 5 nitrogen and oxygen atoms in total. The molecule has 0 aliphatic carbocycles. The number of rotatable bonds is 3. The van der Waals surface area contributed by atoms with Gasteiger partial charge in [-0.05, 0) is 29.3 Å². The number of nitrogens with zero attached hydrogens (tertiary/aromatic N) is 1. The number of ketones is 1. The van der Waals surface area contributed by atoms with Gasteiger partial charge in [-0.1, -0.05) is 30.3 Å². The number of Topliss-reactive ketones (excluding diaryl/α,β-unsaturated/α-hetero) is 1. The number of allylic oxidation sites excluding steroid dienone is 1. The fourth-order valence-electron chi connectivity index (χ4n) is 2.72. The predicted molar refractivity (Wildman–Crippen MR) is 80.9 cm³/mol. The molecule has 0 amide bonds. The summed E-state index contributed by atoms with van der Waals surface area (Å²) in [5.41, 5.74) is 2.86. The second-order valence-electron chi connectivity index (χ2n) is 5.35. The molecule has 1 unspecified atom stereocenters. The van der Waals surface area contributed by atoms with Crippen LogP contribution in [0.1, 0.15) is 17.0 Å². The van der Waals surface area contributed by atoms with Crippen molar-refractivity contribution in [3.8, 4) is 5.75 Å². The first kappa shape index (κ1) is 13.6. The van der Waals surface area contributed by atoms with E-state index in [2.05, 4.69) is 5.32 Å². The topological polar surface area (TPSA) is 66.7 Å². The summed E-state index contributed by atoms with van der Waals surface area (Å²) in [5, 5.41) is 4.33. The van der Waals surface area contributed by atoms with Gasteiger partial charge in [0.1, 0.15) is 24.5 Å². The van der Waals surface area contributed by atoms with Crippen LogP contribution in [0.2, 0.25) is 0 Å². The number of fused-ring (bicyclic) bond motifs is 3. The highest BCUT2D eigenvalue weighted by atomic mass is 16.5. The SMILES string of the molecule is O=C1OC=C2[N]c3ccc(OCc4ccccc4)cc3C2C1=O. The van der Waals surface area contributed by atoms with Gasteiger partial charge >= 0.3 is 5.97 Å². The average Bonchev–Trinajstić information content (AvgIpc) is 2.96. The van der Waals surface area contributed by atoms with Crippen LogP contribution in [-0.4, -0.2) is 11.8 Å². The second-order valence-corrected chi connectivity index (χ2v) is 5.35. The Balaban J connectivity index is 1.60. The Kier molecular flexibility index (Phi) is 3.12. The van der Waals surface area contributed by atoms with E-state index in [-0.39, 0.29) is 0 Å². The summed E-state index contributed by atoms with van der Waals surface area (Å²) in [4.78, 5) is 23.5. The maximum atomic E-state index is 12.0. The highest BCUT2D eigenvalue weighted by molar-refractivity contribution is 6.37. The molecule has 2 aromatic carbocycles. The molecule has 2 aliphatic heterocycles. The largest absolute Gasteiger partial charge is 0.489 e. The van der Waals surface area contributed by atoms with Gasteiger partial charge in [-0.25, -0.2) is 10.1 Å². The molecule has 0 N–H and O–H groups in total. The number of ether oxygens (including phenoxy) is 2. The maximum Gasteiger partial charge on any atom is 0.380 e. The highest BCUT2D eigenvalue weighted by Gasteiger charge is 2.42. The van der Waals surface area contributed by atoms with E-state index >= 15 is 0 Å². The van der Waals surface area contributed by atoms with Crippen molar-refractivity contribution >= 4 is 17.4 Å². The van der Waals surface area contributed by atoms with Crippen molar-refractivity contribution in [1.82, 2.24) is 5.32 Å². The third-order valence-corrected chi connectivity index (χ3v) is 3.85. The Morgan fingerprint density at radius 1 is 1.09 bits per heavy atom. The fraction of sp³-hybridized carbons (Fsp3) is 0.111. The Morgan fingerprint density at radius 2 is 1.91 bits per heavy atom. The molecule has 2 aliphatic rings. The van der Waals surface area contributed by atoms with Crippen LogP contribution < -0.4 is 10.1 Å². The summed E-state index contributed by atoms with van der Waals surface area (Å²) in [7, 11) is 0. The summed E-state index contributed by atoms with van der Waals surface area (Å²) in [5.74, 6) is -1.48. The van der Waals surface area contributed by atoms with Crippen LogP contribution in [0.5, 0.6) is 5.75 Å². The molecule has 2 heterocycles. The molecule has 2 aromatic rings. The fourth-order valence-corrected chi connectivity index (χ4v) is 2.72. The third-order valence-electron chi connectivity index (χ3n) is 3.85. The van der Waals surface area contributed by atoms with Gasteiger partial charge < -0.3 is 9.47 Å². The van der Waals surface area contributed by atoms with Crippen molar-refractivity contribution in [2.24, 2.45) is 0 Å². The van der Waals surface area contributed by atoms with Crippen molar-refractivity contribution in [1.29, 1.82) is 0 Å². The standard InChI is InChI=1S/C18H12NO4/c20-17-16-13-8-12(22-9-11-4-2-1-3-5-11)6-7-14(13)19-15(16)10-23-18(17)21/h1-8,10,16H,9H2. The molecule has 0 saturated heterocycles. The maximum absolute atomic E-state index is 12.0. The van der Waals surface area contributed by atoms with Crippen LogP contribution in [0.3, 0.4) is 0 Å². The molecule has 0 bridgehead atoms. The van der Waals surface area contributed by atoms with Gasteiger partial charge in [0.05, 0.1) is 11.4 Å². The molecule has 0 aromatic heterocycles. The lowest BCUT2D eigenvalue weighted by molar-refractivity contribution is -0.151. The average molecular weight is 306 g/mol. The van der Waals surface area contributed by atoms with E-state index in [1.807, 2.05) is 30.3 Å². The molecule has 0 fully saturated rings. The number of benzene rings is 2. The first-order valence-electron chi connectivity index (χ1n) is 7.20. The van der Waals surface area contributed by atoms with Gasteiger partial charge in [0.2, 0.25) is 0 Å². The number of esters is 1. The van der Waals surface area contributed by atoms with Gasteiger partial charge in [0.25, 0.3) is 5.78 Å². The molecule has 0 saturated carbocycles. The molecule has 1 atom stereocenters. The van der Waals surface area contributed by atoms with Gasteiger partial charge in [0.15, 0.2) is 0 Å². The minimum absolute atomic E-state index is 0.431. The van der Waals surface area contributed by atoms with Crippen molar-refractivity contribution in [3.05, 3.63) is 71.6 Å². The number of carbonyl (C=O) groups excluding carboxylic acids is 2. The first-order valence-corrected chi connectivity index (χ1v) is 7.20. The van der Waals surface area contributed by atoms with Gasteiger partial charge in [-0.2, -0.15) is 0 Å². The highest BCUT2D eigenvalue weighted by Crippen LogP contribution is 2.42. The zero-order valence-electron chi connectivity index (χ0n) is 12.1. The molecule has 5 heteroatoms. The number of hydrogen-bond donors (Lipinski definition) is 0. The van der Waals surface area contributed by atoms with Crippen LogP contribution in [0.25, 0.3) is 0 Å².